The lowest BCUT2D eigenvalue weighted by Crippen LogP contribution is -1.97. The zero-order valence-electron chi connectivity index (χ0n) is 20.1. The van der Waals surface area contributed by atoms with Gasteiger partial charge in [0.1, 0.15) is 5.69 Å². The molecule has 7 nitrogen and oxygen atoms in total. The minimum Gasteiger partial charge on any atom is -0.393 e. The van der Waals surface area contributed by atoms with Crippen molar-refractivity contribution in [2.75, 3.05) is 5.73 Å². The van der Waals surface area contributed by atoms with E-state index in [1.807, 2.05) is 28.7 Å². The van der Waals surface area contributed by atoms with Crippen LogP contribution in [-0.4, -0.2) is 9.85 Å². The predicted molar refractivity (Wildman–Crippen MR) is 171 cm³/mol. The van der Waals surface area contributed by atoms with Gasteiger partial charge < -0.3 is 5.73 Å². The highest BCUT2D eigenvalue weighted by Gasteiger charge is 2.20. The number of hydrogen-bond donors (Lipinski definition) is 1. The van der Waals surface area contributed by atoms with Gasteiger partial charge in [0.05, 0.1) is 13.4 Å². The van der Waals surface area contributed by atoms with Gasteiger partial charge >= 0.3 is 0 Å². The number of fused-ring (bicyclic) bond motifs is 3. The minimum absolute atomic E-state index is 0.0423. The Morgan fingerprint density at radius 1 is 0.541 bits per heavy atom. The zero-order chi connectivity index (χ0) is 26.7. The summed E-state index contributed by atoms with van der Waals surface area (Å²) in [5.74, 6) is 0. The number of nitro groups is 2. The zero-order valence-corrected chi connectivity index (χ0v) is 26.5. The number of nitro benzene ring substituents is 2. The van der Waals surface area contributed by atoms with Crippen molar-refractivity contribution in [2.45, 2.75) is 57.8 Å². The van der Waals surface area contributed by atoms with Crippen LogP contribution in [0, 0.1) is 30.9 Å². The third-order valence-electron chi connectivity index (χ3n) is 6.93. The molecule has 3 aliphatic carbocycles. The number of nitrogens with two attached hydrogens (primary N) is 1. The number of aryl methyl sites for hydroxylation is 6. The highest BCUT2D eigenvalue weighted by atomic mass is 127. The molecule has 0 saturated heterocycles. The molecule has 0 saturated carbocycles. The van der Waals surface area contributed by atoms with Crippen molar-refractivity contribution in [3.63, 3.8) is 0 Å². The molecule has 0 atom stereocenters. The largest absolute Gasteiger partial charge is 0.393 e. The molecule has 0 radical (unpaired) electrons. The standard InChI is InChI=1S/C9H8I2.C9H8INO2.C9H10N2O2/c10-8-4-6-2-1-3-7(6)5-9(8)11;2*10-8-4-6-2-1-3-7(6)5-9(8)11(12)13/h4-5H,1-3H2;4-5H,1-3H2;4-5H,1-3,10H2. The number of rotatable bonds is 2. The number of halogens is 3. The molecule has 2 N–H and O–H groups in total. The van der Waals surface area contributed by atoms with Crippen LogP contribution in [0.4, 0.5) is 17.1 Å². The van der Waals surface area contributed by atoms with Crippen LogP contribution in [0.25, 0.3) is 0 Å². The molecule has 10 heteroatoms. The van der Waals surface area contributed by atoms with Crippen molar-refractivity contribution in [1.29, 1.82) is 0 Å². The second-order valence-electron chi connectivity index (χ2n) is 9.36. The van der Waals surface area contributed by atoms with Crippen molar-refractivity contribution in [1.82, 2.24) is 0 Å². The van der Waals surface area contributed by atoms with Crippen LogP contribution in [0.15, 0.2) is 36.4 Å². The Balaban J connectivity index is 0.000000130. The predicted octanol–water partition coefficient (Wildman–Crippen LogP) is 7.74. The van der Waals surface area contributed by atoms with Gasteiger partial charge in [-0.25, -0.2) is 0 Å². The molecule has 37 heavy (non-hydrogen) atoms. The number of hydrogen-bond acceptors (Lipinski definition) is 5. The first-order valence-electron chi connectivity index (χ1n) is 12.1. The molecule has 0 aromatic heterocycles. The van der Waals surface area contributed by atoms with Gasteiger partial charge in [-0.2, -0.15) is 0 Å². The van der Waals surface area contributed by atoms with Crippen LogP contribution < -0.4 is 5.73 Å². The molecule has 0 bridgehead atoms. The van der Waals surface area contributed by atoms with E-state index < -0.39 is 4.92 Å². The molecule has 0 heterocycles. The highest BCUT2D eigenvalue weighted by molar-refractivity contribution is 14.1. The number of nitrogen functional groups attached to an aromatic ring is 1. The molecule has 0 unspecified atom stereocenters. The van der Waals surface area contributed by atoms with Gasteiger partial charge in [-0.1, -0.05) is 0 Å². The van der Waals surface area contributed by atoms with E-state index in [0.29, 0.717) is 0 Å². The second kappa shape index (κ2) is 12.5. The van der Waals surface area contributed by atoms with Crippen molar-refractivity contribution < 1.29 is 9.85 Å². The van der Waals surface area contributed by atoms with E-state index in [1.165, 1.54) is 37.5 Å². The first-order valence-corrected chi connectivity index (χ1v) is 15.4. The summed E-state index contributed by atoms with van der Waals surface area (Å²) in [5.41, 5.74) is 14.0. The van der Waals surface area contributed by atoms with E-state index in [1.54, 1.807) is 29.3 Å². The van der Waals surface area contributed by atoms with Gasteiger partial charge in [0.15, 0.2) is 0 Å². The van der Waals surface area contributed by atoms with Crippen LogP contribution in [0.3, 0.4) is 0 Å². The van der Waals surface area contributed by atoms with Gasteiger partial charge in [0.25, 0.3) is 11.4 Å². The summed E-state index contributed by atoms with van der Waals surface area (Å²) in [4.78, 5) is 20.4. The van der Waals surface area contributed by atoms with Crippen LogP contribution in [0.2, 0.25) is 0 Å². The van der Waals surface area contributed by atoms with Gasteiger partial charge in [-0.15, -0.1) is 0 Å². The molecule has 3 aliphatic rings. The Kier molecular flexibility index (Phi) is 9.64. The third-order valence-corrected chi connectivity index (χ3v) is 10.6. The Morgan fingerprint density at radius 2 is 0.865 bits per heavy atom. The summed E-state index contributed by atoms with van der Waals surface area (Å²) in [6.07, 6.45) is 10.2. The lowest BCUT2D eigenvalue weighted by Gasteiger charge is -2.01. The molecule has 3 aromatic carbocycles. The van der Waals surface area contributed by atoms with Crippen molar-refractivity contribution in [2.24, 2.45) is 0 Å². The molecule has 6 rings (SSSR count). The highest BCUT2D eigenvalue weighted by Crippen LogP contribution is 2.32. The van der Waals surface area contributed by atoms with E-state index >= 15 is 0 Å². The smallest absolute Gasteiger partial charge is 0.292 e. The first kappa shape index (κ1) is 28.5. The molecular formula is C27H26I3N3O4. The summed E-state index contributed by atoms with van der Waals surface area (Å²) in [7, 11) is 0. The SMILES string of the molecule is Ic1cc2c(cc1I)CCC2.Nc1cc2c(cc1[N+](=O)[O-])CCC2.O=[N+]([O-])c1cc2c(cc1I)CCC2. The van der Waals surface area contributed by atoms with Crippen molar-refractivity contribution in [3.05, 3.63) is 101 Å². The van der Waals surface area contributed by atoms with E-state index in [2.05, 4.69) is 57.3 Å². The Bertz CT molecular complexity index is 1280. The Labute approximate surface area is 256 Å². The fraction of sp³-hybridized carbons (Fsp3) is 0.333. The molecule has 0 fully saturated rings. The molecule has 194 valence electrons. The van der Waals surface area contributed by atoms with Crippen LogP contribution in [0.1, 0.15) is 52.6 Å². The summed E-state index contributed by atoms with van der Waals surface area (Å²) < 4.78 is 3.57. The molecule has 3 aromatic rings. The van der Waals surface area contributed by atoms with Crippen molar-refractivity contribution in [3.8, 4) is 0 Å². The maximum Gasteiger partial charge on any atom is 0.292 e. The number of benzene rings is 3. The molecule has 0 aliphatic heterocycles. The summed E-state index contributed by atoms with van der Waals surface area (Å²) in [6, 6.07) is 11.7. The maximum absolute atomic E-state index is 10.6. The fourth-order valence-electron chi connectivity index (χ4n) is 5.07. The summed E-state index contributed by atoms with van der Waals surface area (Å²) >= 11 is 6.85. The quantitative estimate of drug-likeness (QED) is 0.123. The third kappa shape index (κ3) is 6.91. The average Bonchev–Trinajstić information content (AvgIpc) is 3.59. The van der Waals surface area contributed by atoms with E-state index in [9.17, 15) is 20.2 Å². The van der Waals surface area contributed by atoms with Crippen molar-refractivity contribution >= 4 is 84.8 Å². The van der Waals surface area contributed by atoms with Gasteiger partial charge in [-0.3, -0.25) is 20.2 Å². The maximum atomic E-state index is 10.6. The molecular weight excluding hydrogens is 811 g/mol. The van der Waals surface area contributed by atoms with Crippen LogP contribution in [0.5, 0.6) is 0 Å². The molecule has 0 spiro atoms. The summed E-state index contributed by atoms with van der Waals surface area (Å²) in [6.45, 7) is 0. The monoisotopic (exact) mass is 837 g/mol. The van der Waals surface area contributed by atoms with Crippen LogP contribution in [-0.2, 0) is 38.5 Å². The van der Waals surface area contributed by atoms with E-state index in [0.717, 1.165) is 53.2 Å². The Hall–Kier alpha value is -1.55. The normalized spacial score (nSPS) is 14.5. The first-order chi connectivity index (χ1) is 17.6. The second-order valence-corrected chi connectivity index (χ2v) is 12.8. The number of nitrogens with zero attached hydrogens (tertiary/aromatic N) is 2. The lowest BCUT2D eigenvalue weighted by molar-refractivity contribution is -0.385. The average molecular weight is 837 g/mol. The fourth-order valence-corrected chi connectivity index (χ4v) is 6.86. The van der Waals surface area contributed by atoms with Gasteiger partial charge in [-0.05, 0) is 183 Å². The van der Waals surface area contributed by atoms with Crippen LogP contribution >= 0.6 is 67.8 Å². The Morgan fingerprint density at radius 3 is 1.27 bits per heavy atom. The molecule has 0 amide bonds. The number of anilines is 1. The lowest BCUT2D eigenvalue weighted by atomic mass is 10.1. The summed E-state index contributed by atoms with van der Waals surface area (Å²) in [5, 5.41) is 21.2. The minimum atomic E-state index is -0.423. The van der Waals surface area contributed by atoms with Gasteiger partial charge in [0, 0.05) is 19.3 Å². The topological polar surface area (TPSA) is 112 Å². The van der Waals surface area contributed by atoms with E-state index in [-0.39, 0.29) is 22.0 Å². The van der Waals surface area contributed by atoms with E-state index in [4.69, 9.17) is 5.73 Å². The van der Waals surface area contributed by atoms with Gasteiger partial charge in [0.2, 0.25) is 0 Å².